The second-order valence-electron chi connectivity index (χ2n) is 4.53. The zero-order valence-electron chi connectivity index (χ0n) is 9.44. The Labute approximate surface area is 95.4 Å². The molecule has 0 saturated carbocycles. The molecule has 1 aliphatic rings. The molecule has 1 aromatic rings. The number of rotatable bonds is 3. The van der Waals surface area contributed by atoms with Crippen molar-refractivity contribution in [2.24, 2.45) is 12.8 Å². The molecule has 1 saturated heterocycles. The summed E-state index contributed by atoms with van der Waals surface area (Å²) in [5, 5.41) is 0. The summed E-state index contributed by atoms with van der Waals surface area (Å²) in [7, 11) is 2.03. The van der Waals surface area contributed by atoms with Crippen LogP contribution in [0.15, 0.2) is 12.4 Å². The number of aromatic nitrogens is 2. The van der Waals surface area contributed by atoms with E-state index >= 15 is 0 Å². The molecule has 0 radical (unpaired) electrons. The number of imidazole rings is 1. The van der Waals surface area contributed by atoms with Crippen LogP contribution in [0.25, 0.3) is 0 Å². The van der Waals surface area contributed by atoms with Crippen LogP contribution in [0.5, 0.6) is 0 Å². The summed E-state index contributed by atoms with van der Waals surface area (Å²) in [5.74, 6) is 2.35. The van der Waals surface area contributed by atoms with Gasteiger partial charge in [-0.1, -0.05) is 0 Å². The number of hydrogen-bond acceptors (Lipinski definition) is 3. The van der Waals surface area contributed by atoms with Crippen molar-refractivity contribution in [1.82, 2.24) is 9.55 Å². The molecule has 0 bridgehead atoms. The van der Waals surface area contributed by atoms with Crippen molar-refractivity contribution in [3.63, 3.8) is 0 Å². The van der Waals surface area contributed by atoms with Crippen molar-refractivity contribution in [3.05, 3.63) is 18.2 Å². The Bertz CT molecular complexity index is 328. The Morgan fingerprint density at radius 2 is 2.53 bits per heavy atom. The zero-order valence-corrected chi connectivity index (χ0v) is 10.3. The molecule has 2 unspecified atom stereocenters. The van der Waals surface area contributed by atoms with Gasteiger partial charge >= 0.3 is 0 Å². The minimum absolute atomic E-state index is 0.214. The fourth-order valence-electron chi connectivity index (χ4n) is 2.10. The highest BCUT2D eigenvalue weighted by atomic mass is 32.2. The second kappa shape index (κ2) is 4.18. The van der Waals surface area contributed by atoms with Crippen LogP contribution >= 0.6 is 11.8 Å². The Balaban J connectivity index is 2.03. The molecule has 2 atom stereocenters. The van der Waals surface area contributed by atoms with Crippen LogP contribution in [0, 0.1) is 0 Å². The number of hydrogen-bond donors (Lipinski definition) is 1. The topological polar surface area (TPSA) is 43.8 Å². The van der Waals surface area contributed by atoms with Gasteiger partial charge in [0, 0.05) is 36.7 Å². The molecule has 2 rings (SSSR count). The lowest BCUT2D eigenvalue weighted by atomic mass is 9.94. The fraction of sp³-hybridized carbons (Fsp3) is 0.727. The van der Waals surface area contributed by atoms with Crippen LogP contribution in [0.3, 0.4) is 0 Å². The molecule has 1 fully saturated rings. The van der Waals surface area contributed by atoms with Crippen LogP contribution < -0.4 is 5.73 Å². The van der Waals surface area contributed by atoms with E-state index in [9.17, 15) is 0 Å². The Morgan fingerprint density at radius 1 is 1.73 bits per heavy atom. The number of nitrogens with zero attached hydrogens (tertiary/aromatic N) is 2. The molecule has 0 spiro atoms. The van der Waals surface area contributed by atoms with Crippen molar-refractivity contribution < 1.29 is 0 Å². The molecule has 1 aromatic heterocycles. The molecule has 1 aliphatic heterocycles. The molecular weight excluding hydrogens is 206 g/mol. The third-order valence-corrected chi connectivity index (χ3v) is 5.02. The van der Waals surface area contributed by atoms with Crippen LogP contribution in [0.2, 0.25) is 0 Å². The summed E-state index contributed by atoms with van der Waals surface area (Å²) >= 11 is 2.02. The van der Waals surface area contributed by atoms with Gasteiger partial charge in [0.15, 0.2) is 0 Å². The highest BCUT2D eigenvalue weighted by molar-refractivity contribution is 8.00. The summed E-state index contributed by atoms with van der Waals surface area (Å²) in [5.41, 5.74) is 6.30. The largest absolute Gasteiger partial charge is 0.338 e. The maximum atomic E-state index is 6.30. The minimum atomic E-state index is 0.214. The van der Waals surface area contributed by atoms with Gasteiger partial charge in [0.2, 0.25) is 0 Å². The van der Waals surface area contributed by atoms with Gasteiger partial charge in [0.25, 0.3) is 0 Å². The van der Waals surface area contributed by atoms with Gasteiger partial charge in [-0.3, -0.25) is 0 Å². The van der Waals surface area contributed by atoms with E-state index in [1.165, 1.54) is 18.6 Å². The Morgan fingerprint density at radius 3 is 3.07 bits per heavy atom. The molecule has 3 nitrogen and oxygen atoms in total. The quantitative estimate of drug-likeness (QED) is 0.849. The molecule has 4 heteroatoms. The van der Waals surface area contributed by atoms with E-state index in [4.69, 9.17) is 5.73 Å². The summed E-state index contributed by atoms with van der Waals surface area (Å²) in [6.07, 6.45) is 7.24. The zero-order chi connectivity index (χ0) is 10.9. The first kappa shape index (κ1) is 11.0. The van der Waals surface area contributed by atoms with E-state index in [0.29, 0.717) is 0 Å². The summed E-state index contributed by atoms with van der Waals surface area (Å²) in [6.45, 7) is 2.29. The number of aryl methyl sites for hydroxylation is 1. The molecule has 84 valence electrons. The summed E-state index contributed by atoms with van der Waals surface area (Å²) in [4.78, 5) is 4.33. The van der Waals surface area contributed by atoms with E-state index in [1.54, 1.807) is 0 Å². The summed E-state index contributed by atoms with van der Waals surface area (Å²) < 4.78 is 2.31. The molecule has 0 aromatic carbocycles. The van der Waals surface area contributed by atoms with Gasteiger partial charge in [-0.2, -0.15) is 11.8 Å². The normalized spacial score (nSPS) is 28.2. The highest BCUT2D eigenvalue weighted by Gasteiger charge is 2.36. The van der Waals surface area contributed by atoms with Crippen molar-refractivity contribution in [3.8, 4) is 0 Å². The van der Waals surface area contributed by atoms with E-state index in [-0.39, 0.29) is 10.8 Å². The standard InChI is InChI=1S/C11H19N3S/c1-11(4-3-7-15-11)9(12)8-10-13-5-6-14(10)2/h5-6,9H,3-4,7-8,12H2,1-2H3. The maximum absolute atomic E-state index is 6.30. The van der Waals surface area contributed by atoms with Gasteiger partial charge in [0.1, 0.15) is 5.82 Å². The van der Waals surface area contributed by atoms with Crippen LogP contribution in [-0.2, 0) is 13.5 Å². The first-order valence-corrected chi connectivity index (χ1v) is 6.46. The van der Waals surface area contributed by atoms with Crippen LogP contribution in [0.1, 0.15) is 25.6 Å². The highest BCUT2D eigenvalue weighted by Crippen LogP contribution is 2.40. The average Bonchev–Trinajstić information content (AvgIpc) is 2.78. The monoisotopic (exact) mass is 225 g/mol. The van der Waals surface area contributed by atoms with E-state index in [1.807, 2.05) is 31.2 Å². The van der Waals surface area contributed by atoms with E-state index in [2.05, 4.69) is 16.5 Å². The van der Waals surface area contributed by atoms with Gasteiger partial charge in [0.05, 0.1) is 0 Å². The maximum Gasteiger partial charge on any atom is 0.109 e. The Hall–Kier alpha value is -0.480. The lowest BCUT2D eigenvalue weighted by Crippen LogP contribution is -2.43. The molecule has 0 aliphatic carbocycles. The molecule has 0 amide bonds. The smallest absolute Gasteiger partial charge is 0.109 e. The van der Waals surface area contributed by atoms with Gasteiger partial charge in [-0.25, -0.2) is 4.98 Å². The Kier molecular flexibility index (Phi) is 3.07. The number of nitrogens with two attached hydrogens (primary N) is 1. The van der Waals surface area contributed by atoms with Crippen LogP contribution in [0.4, 0.5) is 0 Å². The molecule has 2 N–H and O–H groups in total. The predicted octanol–water partition coefficient (Wildman–Crippen LogP) is 1.58. The van der Waals surface area contributed by atoms with Gasteiger partial charge < -0.3 is 10.3 Å². The lowest BCUT2D eigenvalue weighted by Gasteiger charge is -2.29. The minimum Gasteiger partial charge on any atom is -0.338 e. The fourth-order valence-corrected chi connectivity index (χ4v) is 3.44. The molecule has 2 heterocycles. The van der Waals surface area contributed by atoms with E-state index < -0.39 is 0 Å². The second-order valence-corrected chi connectivity index (χ2v) is 6.16. The van der Waals surface area contributed by atoms with Gasteiger partial charge in [-0.15, -0.1) is 0 Å². The predicted molar refractivity (Wildman–Crippen MR) is 65.0 cm³/mol. The first-order valence-electron chi connectivity index (χ1n) is 5.47. The third-order valence-electron chi connectivity index (χ3n) is 3.36. The molecular formula is C11H19N3S. The molecule has 15 heavy (non-hydrogen) atoms. The van der Waals surface area contributed by atoms with Crippen molar-refractivity contribution in [1.29, 1.82) is 0 Å². The summed E-state index contributed by atoms with van der Waals surface area (Å²) in [6, 6.07) is 0.214. The lowest BCUT2D eigenvalue weighted by molar-refractivity contribution is 0.470. The van der Waals surface area contributed by atoms with E-state index in [0.717, 1.165) is 12.2 Å². The van der Waals surface area contributed by atoms with Gasteiger partial charge in [-0.05, 0) is 25.5 Å². The van der Waals surface area contributed by atoms with Crippen LogP contribution in [-0.4, -0.2) is 26.1 Å². The third kappa shape index (κ3) is 2.21. The van der Waals surface area contributed by atoms with Crippen molar-refractivity contribution in [2.75, 3.05) is 5.75 Å². The number of thioether (sulfide) groups is 1. The SMILES string of the molecule is Cn1ccnc1CC(N)C1(C)CCCS1. The van der Waals surface area contributed by atoms with Crippen molar-refractivity contribution >= 4 is 11.8 Å². The average molecular weight is 225 g/mol. The van der Waals surface area contributed by atoms with Crippen molar-refractivity contribution in [2.45, 2.75) is 37.0 Å². The first-order chi connectivity index (χ1) is 7.12.